The highest BCUT2D eigenvalue weighted by Crippen LogP contribution is 2.36. The van der Waals surface area contributed by atoms with Crippen LogP contribution in [0.15, 0.2) is 59.5 Å². The van der Waals surface area contributed by atoms with E-state index in [1.54, 1.807) is 11.8 Å². The van der Waals surface area contributed by atoms with Crippen LogP contribution in [0.5, 0.6) is 0 Å². The van der Waals surface area contributed by atoms with E-state index in [2.05, 4.69) is 41.9 Å². The van der Waals surface area contributed by atoms with Crippen molar-refractivity contribution in [1.82, 2.24) is 5.32 Å². The quantitative estimate of drug-likeness (QED) is 0.302. The molecule has 1 aliphatic carbocycles. The van der Waals surface area contributed by atoms with Crippen molar-refractivity contribution in [3.8, 4) is 6.07 Å². The molecule has 29 heavy (non-hydrogen) atoms. The summed E-state index contributed by atoms with van der Waals surface area (Å²) in [6.45, 7) is 7.80. The number of rotatable bonds is 9. The minimum atomic E-state index is 0.0524. The molecule has 1 N–H and O–H groups in total. The van der Waals surface area contributed by atoms with E-state index >= 15 is 0 Å². The number of ether oxygens (including phenoxy) is 1. The highest BCUT2D eigenvalue weighted by atomic mass is 32.2. The van der Waals surface area contributed by atoms with Gasteiger partial charge in [-0.05, 0) is 75.3 Å². The maximum Gasteiger partial charge on any atom is 0.111 e. The monoisotopic (exact) mass is 408 g/mol. The van der Waals surface area contributed by atoms with Crippen LogP contribution < -0.4 is 5.32 Å². The molecule has 1 aromatic rings. The smallest absolute Gasteiger partial charge is 0.111 e. The number of fused-ring (bicyclic) bond motifs is 1. The van der Waals surface area contributed by atoms with Crippen molar-refractivity contribution >= 4 is 16.7 Å². The van der Waals surface area contributed by atoms with Gasteiger partial charge in [0.05, 0.1) is 11.7 Å². The average Bonchev–Trinajstić information content (AvgIpc) is 3.17. The molecule has 3 nitrogen and oxygen atoms in total. The van der Waals surface area contributed by atoms with Gasteiger partial charge >= 0.3 is 0 Å². The van der Waals surface area contributed by atoms with Gasteiger partial charge in [0.15, 0.2) is 0 Å². The third-order valence-electron chi connectivity index (χ3n) is 4.70. The summed E-state index contributed by atoms with van der Waals surface area (Å²) in [6, 6.07) is 8.92. The van der Waals surface area contributed by atoms with E-state index in [1.165, 1.54) is 34.4 Å². The SMILES string of the molecule is C\C=C/C(=C\C(C#N)=C(/C)OC(C)C)CS/C(=C\NC)c1cccc2c1CCC2. The molecule has 0 unspecified atom stereocenters. The number of nitrogens with zero attached hydrogens (tertiary/aromatic N) is 1. The fraction of sp³-hybridized carbons (Fsp3) is 0.400. The maximum absolute atomic E-state index is 9.59. The lowest BCUT2D eigenvalue weighted by Crippen LogP contribution is -2.02. The molecular formula is C25H32N2OS. The molecule has 0 atom stereocenters. The molecule has 1 aromatic carbocycles. The maximum atomic E-state index is 9.59. The molecule has 0 heterocycles. The average molecular weight is 409 g/mol. The summed E-state index contributed by atoms with van der Waals surface area (Å²) in [5.41, 5.74) is 5.96. The van der Waals surface area contributed by atoms with Crippen molar-refractivity contribution in [1.29, 1.82) is 5.26 Å². The van der Waals surface area contributed by atoms with Gasteiger partial charge in [-0.1, -0.05) is 30.4 Å². The Morgan fingerprint density at radius 2 is 2.14 bits per heavy atom. The van der Waals surface area contributed by atoms with E-state index in [-0.39, 0.29) is 6.10 Å². The van der Waals surface area contributed by atoms with Crippen molar-refractivity contribution < 1.29 is 4.74 Å². The summed E-state index contributed by atoms with van der Waals surface area (Å²) < 4.78 is 5.73. The standard InChI is InChI=1S/C25H32N2OS/c1-6-9-20(14-22(15-26)19(4)28-18(2)3)17-29-25(16-27-5)24-13-8-11-21-10-7-12-23(21)24/h6,8-9,11,13-14,16,18,27H,7,10,12,17H2,1-5H3/b9-6-,20-14+,22-19-,25-16-. The van der Waals surface area contributed by atoms with E-state index in [0.29, 0.717) is 11.3 Å². The zero-order valence-corrected chi connectivity index (χ0v) is 19.0. The molecule has 0 bridgehead atoms. The molecule has 1 aliphatic rings. The van der Waals surface area contributed by atoms with Crippen LogP contribution in [0.2, 0.25) is 0 Å². The zero-order chi connectivity index (χ0) is 21.2. The van der Waals surface area contributed by atoms with Crippen LogP contribution in [0, 0.1) is 11.3 Å². The Kier molecular flexibility index (Phi) is 9.15. The first-order chi connectivity index (χ1) is 14.0. The Labute approximate surface area is 180 Å². The molecule has 0 saturated heterocycles. The number of benzene rings is 1. The van der Waals surface area contributed by atoms with E-state index in [1.807, 2.05) is 46.9 Å². The Hall–Kier alpha value is -2.38. The molecule has 154 valence electrons. The van der Waals surface area contributed by atoms with Gasteiger partial charge in [0.2, 0.25) is 0 Å². The van der Waals surface area contributed by atoms with Crippen LogP contribution in [0.3, 0.4) is 0 Å². The predicted octanol–water partition coefficient (Wildman–Crippen LogP) is 6.15. The second-order valence-corrected chi connectivity index (χ2v) is 8.37. The Morgan fingerprint density at radius 1 is 1.34 bits per heavy atom. The zero-order valence-electron chi connectivity index (χ0n) is 18.2. The number of hydrogen-bond donors (Lipinski definition) is 1. The van der Waals surface area contributed by atoms with Crippen LogP contribution >= 0.6 is 11.8 Å². The van der Waals surface area contributed by atoms with Gasteiger partial charge in [0, 0.05) is 23.9 Å². The lowest BCUT2D eigenvalue weighted by atomic mass is 10.0. The molecule has 2 rings (SSSR count). The number of nitriles is 1. The van der Waals surface area contributed by atoms with Crippen molar-refractivity contribution in [3.63, 3.8) is 0 Å². The first kappa shape index (κ1) is 22.9. The van der Waals surface area contributed by atoms with Gasteiger partial charge in [-0.15, -0.1) is 11.8 Å². The van der Waals surface area contributed by atoms with E-state index in [9.17, 15) is 5.26 Å². The number of aryl methyl sites for hydroxylation is 1. The lowest BCUT2D eigenvalue weighted by Gasteiger charge is -2.14. The van der Waals surface area contributed by atoms with Crippen molar-refractivity contribution in [2.45, 2.75) is 53.1 Å². The molecular weight excluding hydrogens is 376 g/mol. The summed E-state index contributed by atoms with van der Waals surface area (Å²) >= 11 is 1.80. The number of hydrogen-bond acceptors (Lipinski definition) is 4. The Morgan fingerprint density at radius 3 is 2.79 bits per heavy atom. The van der Waals surface area contributed by atoms with Gasteiger partial charge in [-0.3, -0.25) is 0 Å². The number of allylic oxidation sites excluding steroid dienone is 5. The number of nitrogens with one attached hydrogen (secondary N) is 1. The fourth-order valence-corrected chi connectivity index (χ4v) is 4.56. The summed E-state index contributed by atoms with van der Waals surface area (Å²) in [5.74, 6) is 1.45. The third kappa shape index (κ3) is 6.58. The second-order valence-electron chi connectivity index (χ2n) is 7.35. The minimum Gasteiger partial charge on any atom is -0.494 e. The van der Waals surface area contributed by atoms with E-state index in [0.717, 1.165) is 17.7 Å². The molecule has 0 fully saturated rings. The Bertz CT molecular complexity index is 869. The van der Waals surface area contributed by atoms with Gasteiger partial charge in [0.25, 0.3) is 0 Å². The van der Waals surface area contributed by atoms with Gasteiger partial charge in [-0.25, -0.2) is 0 Å². The van der Waals surface area contributed by atoms with Crippen LogP contribution in [0.25, 0.3) is 4.91 Å². The third-order valence-corrected chi connectivity index (χ3v) is 5.83. The van der Waals surface area contributed by atoms with Gasteiger partial charge < -0.3 is 10.1 Å². The fourth-order valence-electron chi connectivity index (χ4n) is 3.51. The molecule has 0 radical (unpaired) electrons. The summed E-state index contributed by atoms with van der Waals surface area (Å²) in [4.78, 5) is 1.24. The van der Waals surface area contributed by atoms with Crippen LogP contribution in [-0.4, -0.2) is 18.9 Å². The molecule has 0 amide bonds. The number of thioether (sulfide) groups is 1. The predicted molar refractivity (Wildman–Crippen MR) is 125 cm³/mol. The van der Waals surface area contributed by atoms with Crippen molar-refractivity contribution in [3.05, 3.63) is 76.2 Å². The molecule has 0 aliphatic heterocycles. The topological polar surface area (TPSA) is 45.0 Å². The summed E-state index contributed by atoms with van der Waals surface area (Å²) in [7, 11) is 1.94. The molecule has 0 spiro atoms. The van der Waals surface area contributed by atoms with Gasteiger partial charge in [0.1, 0.15) is 11.8 Å². The van der Waals surface area contributed by atoms with Crippen LogP contribution in [-0.2, 0) is 17.6 Å². The molecule has 0 saturated carbocycles. The van der Waals surface area contributed by atoms with E-state index < -0.39 is 0 Å². The highest BCUT2D eigenvalue weighted by Gasteiger charge is 2.17. The molecule has 4 heteroatoms. The van der Waals surface area contributed by atoms with Crippen LogP contribution in [0.1, 0.15) is 50.8 Å². The minimum absolute atomic E-state index is 0.0524. The first-order valence-corrected chi connectivity index (χ1v) is 11.2. The summed E-state index contributed by atoms with van der Waals surface area (Å²) in [5, 5.41) is 12.8. The highest BCUT2D eigenvalue weighted by molar-refractivity contribution is 8.08. The van der Waals surface area contributed by atoms with Crippen LogP contribution in [0.4, 0.5) is 0 Å². The van der Waals surface area contributed by atoms with Gasteiger partial charge in [-0.2, -0.15) is 5.26 Å². The Balaban J connectivity index is 2.27. The lowest BCUT2D eigenvalue weighted by molar-refractivity contribution is 0.148. The molecule has 0 aromatic heterocycles. The first-order valence-electron chi connectivity index (χ1n) is 10.2. The normalized spacial score (nSPS) is 15.3. The largest absolute Gasteiger partial charge is 0.494 e. The van der Waals surface area contributed by atoms with Crippen molar-refractivity contribution in [2.24, 2.45) is 0 Å². The van der Waals surface area contributed by atoms with E-state index in [4.69, 9.17) is 4.74 Å². The summed E-state index contributed by atoms with van der Waals surface area (Å²) in [6.07, 6.45) is 11.7. The second kappa shape index (κ2) is 11.6. The van der Waals surface area contributed by atoms with Crippen molar-refractivity contribution in [2.75, 3.05) is 12.8 Å².